The van der Waals surface area contributed by atoms with Crippen molar-refractivity contribution in [2.45, 2.75) is 83.3 Å². The molecule has 2 aromatic rings. The van der Waals surface area contributed by atoms with Crippen molar-refractivity contribution in [2.24, 2.45) is 0 Å². The van der Waals surface area contributed by atoms with E-state index in [4.69, 9.17) is 4.74 Å². The number of carbonyl (C=O) groups excluding carboxylic acids is 2. The normalized spacial score (nSPS) is 24.8. The fraction of sp³-hybridized carbons (Fsp3) is 0.500. The molecule has 0 spiro atoms. The van der Waals surface area contributed by atoms with Crippen molar-refractivity contribution in [1.82, 2.24) is 25.3 Å². The molecule has 34 heavy (non-hydrogen) atoms. The summed E-state index contributed by atoms with van der Waals surface area (Å²) in [5, 5.41) is 10.8. The summed E-state index contributed by atoms with van der Waals surface area (Å²) < 4.78 is 8.39. The summed E-state index contributed by atoms with van der Waals surface area (Å²) in [6, 6.07) is 5.53. The highest BCUT2D eigenvalue weighted by Crippen LogP contribution is 2.32. The molecule has 3 aliphatic rings. The molecule has 8 heteroatoms. The van der Waals surface area contributed by atoms with E-state index < -0.39 is 6.04 Å². The van der Waals surface area contributed by atoms with E-state index in [1.807, 2.05) is 29.1 Å². The van der Waals surface area contributed by atoms with Crippen molar-refractivity contribution < 1.29 is 14.3 Å². The molecule has 1 aromatic carbocycles. The standard InChI is InChI=1S/C26H33N5O3/c1-3-30-15-18(14-28-30)13-27-22-6-4-5-7-24(22)34-20-9-10-21-19(12-20)16-31(26(21)33)23-11-8-17(2)29-25(23)32/h9-10,12,14-15,22-24,27H,2-8,11,13,16H2,1H3,(H,29,32)/t22-,23?,24-/m1/s1. The number of aromatic nitrogens is 2. The van der Waals surface area contributed by atoms with Crippen molar-refractivity contribution in [3.63, 3.8) is 0 Å². The number of hydrogen-bond acceptors (Lipinski definition) is 5. The van der Waals surface area contributed by atoms with Crippen molar-refractivity contribution >= 4 is 11.8 Å². The third-order valence-electron chi connectivity index (χ3n) is 7.18. The molecule has 180 valence electrons. The first kappa shape index (κ1) is 22.7. The first-order valence-corrected chi connectivity index (χ1v) is 12.4. The van der Waals surface area contributed by atoms with Gasteiger partial charge in [-0.1, -0.05) is 13.0 Å². The molecule has 5 rings (SSSR count). The Morgan fingerprint density at radius 1 is 1.24 bits per heavy atom. The number of piperidine rings is 1. The topological polar surface area (TPSA) is 88.5 Å². The molecule has 1 aliphatic carbocycles. The van der Waals surface area contributed by atoms with E-state index >= 15 is 0 Å². The molecule has 1 aromatic heterocycles. The fourth-order valence-corrected chi connectivity index (χ4v) is 5.27. The molecule has 2 amide bonds. The Kier molecular flexibility index (Phi) is 6.41. The number of fused-ring (bicyclic) bond motifs is 1. The van der Waals surface area contributed by atoms with E-state index in [-0.39, 0.29) is 24.0 Å². The van der Waals surface area contributed by atoms with Crippen molar-refractivity contribution in [1.29, 1.82) is 0 Å². The van der Waals surface area contributed by atoms with Crippen LogP contribution in [-0.4, -0.2) is 44.7 Å². The van der Waals surface area contributed by atoms with E-state index in [1.165, 1.54) is 12.0 Å². The Morgan fingerprint density at radius 3 is 2.88 bits per heavy atom. The summed E-state index contributed by atoms with van der Waals surface area (Å²) >= 11 is 0. The molecular weight excluding hydrogens is 430 g/mol. The SMILES string of the molecule is C=C1CCC(N2Cc3cc(O[C@@H]4CCCC[C@H]4NCc4cnn(CC)c4)ccc3C2=O)C(=O)N1. The lowest BCUT2D eigenvalue weighted by Gasteiger charge is -2.32. The predicted molar refractivity (Wildman–Crippen MR) is 128 cm³/mol. The van der Waals surface area contributed by atoms with Crippen LogP contribution in [0.2, 0.25) is 0 Å². The number of amides is 2. The minimum absolute atomic E-state index is 0.0800. The van der Waals surface area contributed by atoms with Crippen LogP contribution < -0.4 is 15.4 Å². The van der Waals surface area contributed by atoms with Crippen molar-refractivity contribution in [3.8, 4) is 5.75 Å². The fourth-order valence-electron chi connectivity index (χ4n) is 5.27. The maximum Gasteiger partial charge on any atom is 0.255 e. The Balaban J connectivity index is 1.24. The first-order chi connectivity index (χ1) is 16.5. The first-order valence-electron chi connectivity index (χ1n) is 12.4. The zero-order chi connectivity index (χ0) is 23.7. The Labute approximate surface area is 200 Å². The van der Waals surface area contributed by atoms with Crippen LogP contribution in [-0.2, 0) is 24.4 Å². The van der Waals surface area contributed by atoms with E-state index in [0.717, 1.165) is 49.4 Å². The number of hydrogen-bond donors (Lipinski definition) is 2. The summed E-state index contributed by atoms with van der Waals surface area (Å²) in [4.78, 5) is 27.1. The smallest absolute Gasteiger partial charge is 0.255 e. The van der Waals surface area contributed by atoms with Crippen LogP contribution in [0, 0.1) is 0 Å². The maximum absolute atomic E-state index is 13.0. The number of ether oxygens (including phenoxy) is 1. The van der Waals surface area contributed by atoms with Gasteiger partial charge in [0.2, 0.25) is 5.91 Å². The highest BCUT2D eigenvalue weighted by atomic mass is 16.5. The number of nitrogens with zero attached hydrogens (tertiary/aromatic N) is 3. The molecule has 8 nitrogen and oxygen atoms in total. The van der Waals surface area contributed by atoms with Gasteiger partial charge in [0.15, 0.2) is 0 Å². The molecule has 1 saturated heterocycles. The van der Waals surface area contributed by atoms with Gasteiger partial charge in [0.05, 0.1) is 6.20 Å². The number of benzene rings is 1. The Morgan fingerprint density at radius 2 is 2.09 bits per heavy atom. The summed E-state index contributed by atoms with van der Waals surface area (Å²) in [5.74, 6) is 0.556. The van der Waals surface area contributed by atoms with Gasteiger partial charge in [-0.25, -0.2) is 0 Å². The Bertz CT molecular complexity index is 1090. The molecule has 0 bridgehead atoms. The van der Waals surface area contributed by atoms with Gasteiger partial charge in [0, 0.05) is 48.7 Å². The monoisotopic (exact) mass is 463 g/mol. The molecule has 1 saturated carbocycles. The molecule has 3 heterocycles. The third kappa shape index (κ3) is 4.59. The highest BCUT2D eigenvalue weighted by molar-refractivity contribution is 6.01. The van der Waals surface area contributed by atoms with Gasteiger partial charge < -0.3 is 20.3 Å². The van der Waals surface area contributed by atoms with E-state index in [0.29, 0.717) is 24.9 Å². The number of allylic oxidation sites excluding steroid dienone is 1. The van der Waals surface area contributed by atoms with Crippen molar-refractivity contribution in [3.05, 3.63) is 59.6 Å². The second kappa shape index (κ2) is 9.62. The zero-order valence-corrected chi connectivity index (χ0v) is 19.8. The van der Waals surface area contributed by atoms with E-state index in [1.54, 1.807) is 4.90 Å². The number of nitrogens with one attached hydrogen (secondary N) is 2. The maximum atomic E-state index is 13.0. The van der Waals surface area contributed by atoms with Crippen molar-refractivity contribution in [2.75, 3.05) is 0 Å². The summed E-state index contributed by atoms with van der Waals surface area (Å²) in [6.45, 7) is 7.99. The molecule has 2 N–H and O–H groups in total. The molecule has 0 radical (unpaired) electrons. The van der Waals surface area contributed by atoms with Gasteiger partial charge in [0.25, 0.3) is 5.91 Å². The average molecular weight is 464 g/mol. The summed E-state index contributed by atoms with van der Waals surface area (Å²) in [5.41, 5.74) is 3.48. The zero-order valence-electron chi connectivity index (χ0n) is 19.8. The quantitative estimate of drug-likeness (QED) is 0.659. The molecule has 3 atom stereocenters. The Hall–Kier alpha value is -3.13. The number of aryl methyl sites for hydroxylation is 1. The van der Waals surface area contributed by atoms with Crippen LogP contribution in [0.5, 0.6) is 5.75 Å². The number of carbonyl (C=O) groups is 2. The second-order valence-electron chi connectivity index (χ2n) is 9.53. The average Bonchev–Trinajstić information content (AvgIpc) is 3.43. The van der Waals surface area contributed by atoms with Gasteiger partial charge in [-0.05, 0) is 62.8 Å². The lowest BCUT2D eigenvalue weighted by atomic mass is 9.92. The highest BCUT2D eigenvalue weighted by Gasteiger charge is 2.38. The molecular formula is C26H33N5O3. The van der Waals surface area contributed by atoms with Gasteiger partial charge >= 0.3 is 0 Å². The molecule has 1 unspecified atom stereocenters. The summed E-state index contributed by atoms with van der Waals surface area (Å²) in [7, 11) is 0. The van der Waals surface area contributed by atoms with Crippen LogP contribution in [0.3, 0.4) is 0 Å². The van der Waals surface area contributed by atoms with E-state index in [2.05, 4.69) is 35.4 Å². The van der Waals surface area contributed by atoms with E-state index in [9.17, 15) is 9.59 Å². The number of rotatable bonds is 7. The minimum Gasteiger partial charge on any atom is -0.489 e. The van der Waals surface area contributed by atoms with Crippen LogP contribution in [0.25, 0.3) is 0 Å². The van der Waals surface area contributed by atoms with Gasteiger partial charge in [-0.15, -0.1) is 0 Å². The van der Waals surface area contributed by atoms with Crippen LogP contribution in [0.15, 0.2) is 42.9 Å². The molecule has 2 aliphatic heterocycles. The van der Waals surface area contributed by atoms with Crippen LogP contribution in [0.1, 0.15) is 66.9 Å². The largest absolute Gasteiger partial charge is 0.489 e. The lowest BCUT2D eigenvalue weighted by Crippen LogP contribution is -2.49. The second-order valence-corrected chi connectivity index (χ2v) is 9.53. The van der Waals surface area contributed by atoms with Gasteiger partial charge in [0.1, 0.15) is 17.9 Å². The lowest BCUT2D eigenvalue weighted by molar-refractivity contribution is -0.126. The molecule has 2 fully saturated rings. The minimum atomic E-state index is -0.446. The van der Waals surface area contributed by atoms with Crippen LogP contribution >= 0.6 is 0 Å². The van der Waals surface area contributed by atoms with Gasteiger partial charge in [-0.3, -0.25) is 14.3 Å². The van der Waals surface area contributed by atoms with Gasteiger partial charge in [-0.2, -0.15) is 5.10 Å². The van der Waals surface area contributed by atoms with Crippen LogP contribution in [0.4, 0.5) is 0 Å². The summed E-state index contributed by atoms with van der Waals surface area (Å²) in [6.07, 6.45) is 9.80. The predicted octanol–water partition coefficient (Wildman–Crippen LogP) is 3.13. The third-order valence-corrected chi connectivity index (χ3v) is 7.18.